The molecule has 1 aliphatic rings. The van der Waals surface area contributed by atoms with Crippen LogP contribution < -0.4 is 4.72 Å². The zero-order valence-electron chi connectivity index (χ0n) is 8.59. The van der Waals surface area contributed by atoms with E-state index < -0.39 is 10.0 Å². The van der Waals surface area contributed by atoms with E-state index in [1.807, 2.05) is 0 Å². The third-order valence-electron chi connectivity index (χ3n) is 2.41. The number of hydrogen-bond acceptors (Lipinski definition) is 4. The van der Waals surface area contributed by atoms with Gasteiger partial charge in [-0.1, -0.05) is 12.1 Å². The summed E-state index contributed by atoms with van der Waals surface area (Å²) in [5.41, 5.74) is 0. The van der Waals surface area contributed by atoms with Gasteiger partial charge in [0.1, 0.15) is 10.6 Å². The van der Waals surface area contributed by atoms with E-state index in [0.29, 0.717) is 19.6 Å². The number of rotatable bonds is 3. The number of sulfonamides is 1. The molecule has 0 amide bonds. The summed E-state index contributed by atoms with van der Waals surface area (Å²) >= 11 is 0. The summed E-state index contributed by atoms with van der Waals surface area (Å²) in [4.78, 5) is -0.0955. The summed E-state index contributed by atoms with van der Waals surface area (Å²) in [6.07, 6.45) is 0.660. The molecule has 0 saturated carbocycles. The minimum atomic E-state index is -3.65. The van der Waals surface area contributed by atoms with E-state index in [9.17, 15) is 13.5 Å². The predicted molar refractivity (Wildman–Crippen MR) is 57.7 cm³/mol. The molecule has 1 aromatic rings. The molecule has 1 unspecified atom stereocenters. The van der Waals surface area contributed by atoms with E-state index in [1.54, 1.807) is 12.1 Å². The molecule has 1 saturated heterocycles. The van der Waals surface area contributed by atoms with E-state index in [-0.39, 0.29) is 16.7 Å². The number of phenols is 1. The molecule has 0 bridgehead atoms. The van der Waals surface area contributed by atoms with E-state index >= 15 is 0 Å². The van der Waals surface area contributed by atoms with Crippen molar-refractivity contribution in [2.24, 2.45) is 0 Å². The third-order valence-corrected chi connectivity index (χ3v) is 3.97. The smallest absolute Gasteiger partial charge is 0.244 e. The summed E-state index contributed by atoms with van der Waals surface area (Å²) in [7, 11) is -3.65. The molecule has 1 fully saturated rings. The maximum Gasteiger partial charge on any atom is 0.244 e. The highest BCUT2D eigenvalue weighted by atomic mass is 32.2. The first-order chi connectivity index (χ1) is 7.59. The first-order valence-electron chi connectivity index (χ1n) is 4.98. The topological polar surface area (TPSA) is 75.6 Å². The van der Waals surface area contributed by atoms with Gasteiger partial charge in [-0.3, -0.25) is 0 Å². The average molecular weight is 243 g/mol. The maximum atomic E-state index is 11.9. The van der Waals surface area contributed by atoms with Crippen LogP contribution in [0.4, 0.5) is 0 Å². The van der Waals surface area contributed by atoms with Crippen molar-refractivity contribution in [2.75, 3.05) is 13.2 Å². The van der Waals surface area contributed by atoms with Gasteiger partial charge in [-0.25, -0.2) is 13.1 Å². The zero-order chi connectivity index (χ0) is 11.6. The number of ether oxygens (including phenoxy) is 1. The maximum absolute atomic E-state index is 11.9. The van der Waals surface area contributed by atoms with Crippen LogP contribution in [0, 0.1) is 0 Å². The van der Waals surface area contributed by atoms with Crippen molar-refractivity contribution in [3.63, 3.8) is 0 Å². The van der Waals surface area contributed by atoms with Crippen LogP contribution in [0.5, 0.6) is 5.75 Å². The number of aromatic hydroxyl groups is 1. The Kier molecular flexibility index (Phi) is 3.13. The van der Waals surface area contributed by atoms with Gasteiger partial charge in [0.05, 0.1) is 6.61 Å². The third kappa shape index (κ3) is 2.34. The highest BCUT2D eigenvalue weighted by Gasteiger charge is 2.25. The zero-order valence-corrected chi connectivity index (χ0v) is 9.40. The van der Waals surface area contributed by atoms with E-state index in [2.05, 4.69) is 4.72 Å². The number of hydrogen-bond donors (Lipinski definition) is 2. The Morgan fingerprint density at radius 3 is 2.75 bits per heavy atom. The molecule has 1 atom stereocenters. The highest BCUT2D eigenvalue weighted by molar-refractivity contribution is 7.89. The van der Waals surface area contributed by atoms with Crippen LogP contribution in [-0.2, 0) is 14.8 Å². The summed E-state index contributed by atoms with van der Waals surface area (Å²) in [5, 5.41) is 9.47. The van der Waals surface area contributed by atoms with Gasteiger partial charge in [-0.15, -0.1) is 0 Å². The molecule has 16 heavy (non-hydrogen) atoms. The van der Waals surface area contributed by atoms with Crippen LogP contribution >= 0.6 is 0 Å². The summed E-state index contributed by atoms with van der Waals surface area (Å²) in [6.45, 7) is 0.945. The number of phenolic OH excluding ortho intramolecular Hbond substituents is 1. The lowest BCUT2D eigenvalue weighted by atomic mass is 10.3. The largest absolute Gasteiger partial charge is 0.507 e. The van der Waals surface area contributed by atoms with Gasteiger partial charge in [0.25, 0.3) is 0 Å². The van der Waals surface area contributed by atoms with E-state index in [1.165, 1.54) is 12.1 Å². The van der Waals surface area contributed by atoms with Crippen LogP contribution in [0.3, 0.4) is 0 Å². The molecular weight excluding hydrogens is 230 g/mol. The van der Waals surface area contributed by atoms with Crippen molar-refractivity contribution in [2.45, 2.75) is 17.4 Å². The Morgan fingerprint density at radius 2 is 2.12 bits per heavy atom. The molecule has 2 rings (SSSR count). The molecule has 6 heteroatoms. The summed E-state index contributed by atoms with van der Waals surface area (Å²) < 4.78 is 31.3. The lowest BCUT2D eigenvalue weighted by Gasteiger charge is -2.12. The van der Waals surface area contributed by atoms with Crippen molar-refractivity contribution in [1.29, 1.82) is 0 Å². The minimum Gasteiger partial charge on any atom is -0.507 e. The normalized spacial score (nSPS) is 21.1. The molecule has 1 aliphatic heterocycles. The first kappa shape index (κ1) is 11.4. The van der Waals surface area contributed by atoms with Crippen molar-refractivity contribution < 1.29 is 18.3 Å². The molecule has 88 valence electrons. The van der Waals surface area contributed by atoms with Gasteiger partial charge in [0, 0.05) is 12.6 Å². The molecule has 5 nitrogen and oxygen atoms in total. The van der Waals surface area contributed by atoms with Gasteiger partial charge in [0.2, 0.25) is 10.0 Å². The van der Waals surface area contributed by atoms with Gasteiger partial charge in [-0.05, 0) is 18.6 Å². The second kappa shape index (κ2) is 4.40. The lowest BCUT2D eigenvalue weighted by Crippen LogP contribution is -2.35. The van der Waals surface area contributed by atoms with Crippen molar-refractivity contribution in [3.05, 3.63) is 24.3 Å². The quantitative estimate of drug-likeness (QED) is 0.808. The van der Waals surface area contributed by atoms with Crippen LogP contribution in [0.15, 0.2) is 29.2 Å². The van der Waals surface area contributed by atoms with Crippen molar-refractivity contribution in [3.8, 4) is 5.75 Å². The molecule has 0 aromatic heterocycles. The molecule has 2 N–H and O–H groups in total. The average Bonchev–Trinajstić information content (AvgIpc) is 2.70. The van der Waals surface area contributed by atoms with Gasteiger partial charge in [-0.2, -0.15) is 0 Å². The fraction of sp³-hybridized carbons (Fsp3) is 0.400. The van der Waals surface area contributed by atoms with Crippen molar-refractivity contribution >= 4 is 10.0 Å². The van der Waals surface area contributed by atoms with E-state index in [4.69, 9.17) is 4.74 Å². The predicted octanol–water partition coefficient (Wildman–Crippen LogP) is 0.459. The van der Waals surface area contributed by atoms with Crippen LogP contribution in [0.2, 0.25) is 0 Å². The first-order valence-corrected chi connectivity index (χ1v) is 6.46. The lowest BCUT2D eigenvalue weighted by molar-refractivity contribution is 0.192. The summed E-state index contributed by atoms with van der Waals surface area (Å²) in [6, 6.07) is 5.66. The Bertz CT molecular complexity index is 465. The summed E-state index contributed by atoms with van der Waals surface area (Å²) in [5.74, 6) is -0.242. The number of para-hydroxylation sites is 1. The van der Waals surface area contributed by atoms with Crippen molar-refractivity contribution in [1.82, 2.24) is 4.72 Å². The Labute approximate surface area is 94.1 Å². The molecule has 0 aliphatic carbocycles. The Hall–Kier alpha value is -1.11. The number of benzene rings is 1. The fourth-order valence-corrected chi connectivity index (χ4v) is 2.95. The van der Waals surface area contributed by atoms with Crippen LogP contribution in [0.25, 0.3) is 0 Å². The van der Waals surface area contributed by atoms with Gasteiger partial charge in [0.15, 0.2) is 0 Å². The standard InChI is InChI=1S/C10H13NO4S/c12-9-3-1-2-4-10(9)16(13,14)11-8-5-6-15-7-8/h1-4,8,11-12H,5-7H2. The monoisotopic (exact) mass is 243 g/mol. The molecule has 0 radical (unpaired) electrons. The fourth-order valence-electron chi connectivity index (χ4n) is 1.59. The molecule has 0 spiro atoms. The Morgan fingerprint density at radius 1 is 1.38 bits per heavy atom. The molecule has 1 aromatic carbocycles. The number of nitrogens with one attached hydrogen (secondary N) is 1. The Balaban J connectivity index is 2.21. The molecular formula is C10H13NO4S. The van der Waals surface area contributed by atoms with Gasteiger partial charge >= 0.3 is 0 Å². The SMILES string of the molecule is O=S(=O)(NC1CCOC1)c1ccccc1O. The van der Waals surface area contributed by atoms with Crippen LogP contribution in [0.1, 0.15) is 6.42 Å². The highest BCUT2D eigenvalue weighted by Crippen LogP contribution is 2.22. The minimum absolute atomic E-state index is 0.0955. The van der Waals surface area contributed by atoms with E-state index in [0.717, 1.165) is 0 Å². The molecule has 1 heterocycles. The second-order valence-electron chi connectivity index (χ2n) is 3.65. The van der Waals surface area contributed by atoms with Gasteiger partial charge < -0.3 is 9.84 Å². The second-order valence-corrected chi connectivity index (χ2v) is 5.33. The van der Waals surface area contributed by atoms with Crippen LogP contribution in [-0.4, -0.2) is 32.8 Å².